The van der Waals surface area contributed by atoms with Crippen molar-refractivity contribution in [1.82, 2.24) is 0 Å². The van der Waals surface area contributed by atoms with E-state index >= 15 is 0 Å². The van der Waals surface area contributed by atoms with Crippen molar-refractivity contribution in [1.29, 1.82) is 5.26 Å². The van der Waals surface area contributed by atoms with Gasteiger partial charge < -0.3 is 10.5 Å². The third-order valence-electron chi connectivity index (χ3n) is 5.73. The van der Waals surface area contributed by atoms with Crippen molar-refractivity contribution < 1.29 is 14.3 Å². The molecule has 0 aliphatic carbocycles. The summed E-state index contributed by atoms with van der Waals surface area (Å²) in [7, 11) is 0. The fourth-order valence-electron chi connectivity index (χ4n) is 4.59. The van der Waals surface area contributed by atoms with Gasteiger partial charge in [-0.05, 0) is 38.5 Å². The summed E-state index contributed by atoms with van der Waals surface area (Å²) in [5.41, 5.74) is 5.30. The number of nitriles is 1. The molecular weight excluding hydrogens is 330 g/mol. The van der Waals surface area contributed by atoms with Crippen LogP contribution in [0.2, 0.25) is 5.02 Å². The van der Waals surface area contributed by atoms with Crippen molar-refractivity contribution in [3.8, 4) is 6.07 Å². The minimum absolute atomic E-state index is 0.209. The van der Waals surface area contributed by atoms with Crippen LogP contribution in [0.15, 0.2) is 18.2 Å². The second-order valence-corrected chi connectivity index (χ2v) is 7.56. The second kappa shape index (κ2) is 4.57. The highest BCUT2D eigenvalue weighted by molar-refractivity contribution is 6.32. The van der Waals surface area contributed by atoms with Crippen molar-refractivity contribution >= 4 is 29.1 Å². The number of ether oxygens (including phenoxy) is 1. The lowest BCUT2D eigenvalue weighted by atomic mass is 9.67. The Hall–Kier alpha value is -1.94. The molecule has 6 nitrogen and oxygen atoms in total. The van der Waals surface area contributed by atoms with Crippen molar-refractivity contribution in [2.45, 2.75) is 37.5 Å². The number of hydrogen-bond acceptors (Lipinski definition) is 5. The third-order valence-corrected chi connectivity index (χ3v) is 6.04. The molecule has 1 unspecified atom stereocenters. The highest BCUT2D eigenvalue weighted by Gasteiger charge is 2.75. The molecule has 0 radical (unpaired) electrons. The predicted molar refractivity (Wildman–Crippen MR) is 86.1 cm³/mol. The molecule has 3 fully saturated rings. The molecule has 4 rings (SSSR count). The third kappa shape index (κ3) is 1.67. The highest BCUT2D eigenvalue weighted by Crippen LogP contribution is 2.60. The Balaban J connectivity index is 1.79. The van der Waals surface area contributed by atoms with E-state index in [4.69, 9.17) is 27.3 Å². The van der Waals surface area contributed by atoms with Crippen molar-refractivity contribution in [2.75, 3.05) is 4.90 Å². The van der Waals surface area contributed by atoms with Gasteiger partial charge in [-0.1, -0.05) is 11.6 Å². The summed E-state index contributed by atoms with van der Waals surface area (Å²) in [4.78, 5) is 27.2. The zero-order valence-corrected chi connectivity index (χ0v) is 14.0. The van der Waals surface area contributed by atoms with Crippen LogP contribution in [0.25, 0.3) is 0 Å². The van der Waals surface area contributed by atoms with Crippen LogP contribution in [0.1, 0.15) is 25.8 Å². The lowest BCUT2D eigenvalue weighted by Gasteiger charge is -2.32. The average molecular weight is 346 g/mol. The number of anilines is 1. The number of nitrogens with zero attached hydrogens (tertiary/aromatic N) is 2. The second-order valence-electron chi connectivity index (χ2n) is 7.15. The number of fused-ring (bicyclic) bond motifs is 5. The predicted octanol–water partition coefficient (Wildman–Crippen LogP) is 1.60. The molecule has 0 spiro atoms. The smallest absolute Gasteiger partial charge is 0.240 e. The Morgan fingerprint density at radius 1 is 1.33 bits per heavy atom. The van der Waals surface area contributed by atoms with E-state index in [-0.39, 0.29) is 22.9 Å². The molecule has 0 saturated carbocycles. The number of rotatable bonds is 1. The van der Waals surface area contributed by atoms with Gasteiger partial charge in [0.15, 0.2) is 0 Å². The van der Waals surface area contributed by atoms with Crippen molar-refractivity contribution in [3.05, 3.63) is 28.8 Å². The Morgan fingerprint density at radius 2 is 2.00 bits per heavy atom. The van der Waals surface area contributed by atoms with Gasteiger partial charge in [0, 0.05) is 6.04 Å². The number of halogens is 1. The first-order valence-electron chi connectivity index (χ1n) is 7.76. The molecule has 2 N–H and O–H groups in total. The summed E-state index contributed by atoms with van der Waals surface area (Å²) < 4.78 is 6.05. The fraction of sp³-hybridized carbons (Fsp3) is 0.471. The lowest BCUT2D eigenvalue weighted by molar-refractivity contribution is -0.129. The molecule has 1 aromatic carbocycles. The number of nitrogens with two attached hydrogens (primary N) is 1. The zero-order chi connectivity index (χ0) is 17.4. The van der Waals surface area contributed by atoms with E-state index in [2.05, 4.69) is 0 Å². The summed E-state index contributed by atoms with van der Waals surface area (Å²) >= 11 is 6.06. The normalized spacial score (nSPS) is 40.1. The minimum atomic E-state index is -0.836. The molecule has 0 aromatic heterocycles. The summed E-state index contributed by atoms with van der Waals surface area (Å²) in [6, 6.07) is 6.22. The molecular formula is C17H16ClN3O3. The number of amides is 2. The summed E-state index contributed by atoms with van der Waals surface area (Å²) in [6.07, 6.45) is 0.547. The minimum Gasteiger partial charge on any atom is -0.366 e. The molecule has 3 aliphatic heterocycles. The van der Waals surface area contributed by atoms with Crippen LogP contribution in [0, 0.1) is 23.2 Å². The van der Waals surface area contributed by atoms with Crippen LogP contribution in [-0.4, -0.2) is 29.1 Å². The van der Waals surface area contributed by atoms with Gasteiger partial charge in [0.1, 0.15) is 6.07 Å². The lowest BCUT2D eigenvalue weighted by Crippen LogP contribution is -2.53. The molecule has 3 saturated heterocycles. The van der Waals surface area contributed by atoms with Gasteiger partial charge in [-0.3, -0.25) is 9.59 Å². The molecule has 2 bridgehead atoms. The summed E-state index contributed by atoms with van der Waals surface area (Å²) in [6.45, 7) is 3.66. The summed E-state index contributed by atoms with van der Waals surface area (Å²) in [5, 5.41) is 9.18. The average Bonchev–Trinajstić information content (AvgIpc) is 3.01. The maximum absolute atomic E-state index is 13.0. The fourth-order valence-corrected chi connectivity index (χ4v) is 4.81. The van der Waals surface area contributed by atoms with Crippen LogP contribution < -0.4 is 10.6 Å². The van der Waals surface area contributed by atoms with Gasteiger partial charge in [-0.2, -0.15) is 5.26 Å². The van der Waals surface area contributed by atoms with Gasteiger partial charge in [0.25, 0.3) is 0 Å². The number of imide groups is 1. The van der Waals surface area contributed by atoms with Gasteiger partial charge in [-0.15, -0.1) is 0 Å². The van der Waals surface area contributed by atoms with E-state index in [0.717, 1.165) is 0 Å². The van der Waals surface area contributed by atoms with Crippen LogP contribution in [0.5, 0.6) is 0 Å². The van der Waals surface area contributed by atoms with E-state index in [1.807, 2.05) is 19.9 Å². The van der Waals surface area contributed by atoms with Crippen LogP contribution in [-0.2, 0) is 14.3 Å². The van der Waals surface area contributed by atoms with Gasteiger partial charge in [-0.25, -0.2) is 4.90 Å². The number of carbonyl (C=O) groups is 2. The van der Waals surface area contributed by atoms with E-state index in [1.54, 1.807) is 6.07 Å². The molecule has 2 amide bonds. The quantitative estimate of drug-likeness (QED) is 0.780. The largest absolute Gasteiger partial charge is 0.366 e. The monoisotopic (exact) mass is 345 g/mol. The number of carbonyl (C=O) groups excluding carboxylic acids is 2. The number of benzene rings is 1. The van der Waals surface area contributed by atoms with E-state index in [9.17, 15) is 9.59 Å². The SMILES string of the molecule is C[C@]12CC(N)[C@](C)(O1)[C@@H]1C(=O)N(c3ccc(C#N)c(Cl)c3)C(=O)[C@@H]12. The highest BCUT2D eigenvalue weighted by atomic mass is 35.5. The molecule has 7 heteroatoms. The van der Waals surface area contributed by atoms with Gasteiger partial charge >= 0.3 is 0 Å². The van der Waals surface area contributed by atoms with Crippen molar-refractivity contribution in [3.63, 3.8) is 0 Å². The van der Waals surface area contributed by atoms with Gasteiger partial charge in [0.05, 0.1) is 39.3 Å². The number of hydrogen-bond donors (Lipinski definition) is 1. The first-order chi connectivity index (χ1) is 11.2. The maximum Gasteiger partial charge on any atom is 0.240 e. The molecule has 3 aliphatic rings. The molecule has 3 heterocycles. The maximum atomic E-state index is 13.0. The van der Waals surface area contributed by atoms with E-state index in [0.29, 0.717) is 17.7 Å². The summed E-state index contributed by atoms with van der Waals surface area (Å²) in [5.74, 6) is -1.73. The molecule has 5 atom stereocenters. The Morgan fingerprint density at radius 3 is 2.62 bits per heavy atom. The molecule has 24 heavy (non-hydrogen) atoms. The Labute approximate surface area is 144 Å². The van der Waals surface area contributed by atoms with Crippen molar-refractivity contribution in [2.24, 2.45) is 17.6 Å². The zero-order valence-electron chi connectivity index (χ0n) is 13.2. The van der Waals surface area contributed by atoms with E-state index in [1.165, 1.54) is 17.0 Å². The van der Waals surface area contributed by atoms with Crippen LogP contribution in [0.4, 0.5) is 5.69 Å². The topological polar surface area (TPSA) is 96.4 Å². The molecule has 124 valence electrons. The Kier molecular flexibility index (Phi) is 2.97. The standard InChI is InChI=1S/C17H16ClN3O3/c1-16-6-11(20)17(2,24-16)13-12(16)14(22)21(15(13)23)9-4-3-8(7-19)10(18)5-9/h3-5,11-13H,6,20H2,1-2H3/t11?,12-,13+,16-,17+/m1/s1. The van der Waals surface area contributed by atoms with Crippen LogP contribution in [0.3, 0.4) is 0 Å². The Bertz CT molecular complexity index is 835. The first kappa shape index (κ1) is 15.6. The first-order valence-corrected chi connectivity index (χ1v) is 8.14. The van der Waals surface area contributed by atoms with Crippen LogP contribution >= 0.6 is 11.6 Å². The van der Waals surface area contributed by atoms with E-state index < -0.39 is 23.0 Å². The van der Waals surface area contributed by atoms with Gasteiger partial charge in [0.2, 0.25) is 11.8 Å². The molecule has 1 aromatic rings.